The van der Waals surface area contributed by atoms with Crippen molar-refractivity contribution in [2.24, 2.45) is 0 Å². The standard InChI is InChI=1S/C13H23N5/c1-3-12-16-11(14)8-13(17-12)15-10-6-5-7-18(4-2)9-10/h8,10H,3-7,9H2,1-2H3,(H3,14,15,16,17). The second-order valence-corrected chi connectivity index (χ2v) is 4.82. The molecule has 1 saturated heterocycles. The van der Waals surface area contributed by atoms with Gasteiger partial charge < -0.3 is 16.0 Å². The molecule has 2 heterocycles. The first kappa shape index (κ1) is 13.1. The molecule has 5 nitrogen and oxygen atoms in total. The minimum atomic E-state index is 0.470. The van der Waals surface area contributed by atoms with Crippen molar-refractivity contribution in [1.29, 1.82) is 0 Å². The van der Waals surface area contributed by atoms with Crippen LogP contribution in [0.4, 0.5) is 11.6 Å². The summed E-state index contributed by atoms with van der Waals surface area (Å²) in [5.41, 5.74) is 5.79. The van der Waals surface area contributed by atoms with E-state index in [1.54, 1.807) is 0 Å². The quantitative estimate of drug-likeness (QED) is 0.847. The zero-order valence-corrected chi connectivity index (χ0v) is 11.3. The van der Waals surface area contributed by atoms with E-state index in [0.717, 1.165) is 31.2 Å². The minimum absolute atomic E-state index is 0.470. The Labute approximate surface area is 109 Å². The van der Waals surface area contributed by atoms with Crippen molar-refractivity contribution in [3.63, 3.8) is 0 Å². The van der Waals surface area contributed by atoms with Crippen molar-refractivity contribution in [2.75, 3.05) is 30.7 Å². The summed E-state index contributed by atoms with van der Waals surface area (Å²) in [5, 5.41) is 3.49. The maximum Gasteiger partial charge on any atom is 0.132 e. The Bertz CT molecular complexity index is 393. The van der Waals surface area contributed by atoms with Gasteiger partial charge in [0.05, 0.1) is 0 Å². The van der Waals surface area contributed by atoms with Gasteiger partial charge in [-0.05, 0) is 25.9 Å². The first-order valence-electron chi connectivity index (χ1n) is 6.83. The highest BCUT2D eigenvalue weighted by Crippen LogP contribution is 2.16. The molecule has 1 atom stereocenters. The molecular formula is C13H23N5. The lowest BCUT2D eigenvalue weighted by Crippen LogP contribution is -2.42. The van der Waals surface area contributed by atoms with E-state index >= 15 is 0 Å². The van der Waals surface area contributed by atoms with Gasteiger partial charge in [0.2, 0.25) is 0 Å². The number of likely N-dealkylation sites (tertiary alicyclic amines) is 1. The van der Waals surface area contributed by atoms with Crippen LogP contribution in [0.15, 0.2) is 6.07 Å². The molecule has 2 rings (SSSR count). The number of nitrogens with zero attached hydrogens (tertiary/aromatic N) is 3. The summed E-state index contributed by atoms with van der Waals surface area (Å²) >= 11 is 0. The molecule has 1 aliphatic rings. The number of likely N-dealkylation sites (N-methyl/N-ethyl adjacent to an activating group) is 1. The van der Waals surface area contributed by atoms with E-state index in [9.17, 15) is 0 Å². The summed E-state index contributed by atoms with van der Waals surface area (Å²) in [6, 6.07) is 2.29. The highest BCUT2D eigenvalue weighted by atomic mass is 15.2. The molecular weight excluding hydrogens is 226 g/mol. The smallest absolute Gasteiger partial charge is 0.132 e. The van der Waals surface area contributed by atoms with Crippen LogP contribution in [0.3, 0.4) is 0 Å². The Morgan fingerprint density at radius 2 is 2.28 bits per heavy atom. The number of aryl methyl sites for hydroxylation is 1. The van der Waals surface area contributed by atoms with Crippen molar-refractivity contribution in [1.82, 2.24) is 14.9 Å². The first-order valence-corrected chi connectivity index (χ1v) is 6.83. The third kappa shape index (κ3) is 3.32. The highest BCUT2D eigenvalue weighted by Gasteiger charge is 2.18. The molecule has 0 spiro atoms. The number of anilines is 2. The lowest BCUT2D eigenvalue weighted by molar-refractivity contribution is 0.226. The molecule has 0 saturated carbocycles. The fourth-order valence-corrected chi connectivity index (χ4v) is 2.42. The zero-order valence-electron chi connectivity index (χ0n) is 11.3. The topological polar surface area (TPSA) is 67.1 Å². The second kappa shape index (κ2) is 6.00. The van der Waals surface area contributed by atoms with Crippen molar-refractivity contribution in [2.45, 2.75) is 39.2 Å². The van der Waals surface area contributed by atoms with E-state index in [2.05, 4.69) is 27.1 Å². The van der Waals surface area contributed by atoms with Crippen LogP contribution in [-0.4, -0.2) is 40.5 Å². The van der Waals surface area contributed by atoms with Gasteiger partial charge in [-0.15, -0.1) is 0 Å². The third-order valence-electron chi connectivity index (χ3n) is 3.41. The maximum atomic E-state index is 5.79. The molecule has 3 N–H and O–H groups in total. The van der Waals surface area contributed by atoms with Crippen LogP contribution in [0.2, 0.25) is 0 Å². The number of nitrogen functional groups attached to an aromatic ring is 1. The van der Waals surface area contributed by atoms with Gasteiger partial charge in [-0.3, -0.25) is 0 Å². The lowest BCUT2D eigenvalue weighted by atomic mass is 10.1. The molecule has 1 aromatic rings. The van der Waals surface area contributed by atoms with Gasteiger partial charge in [0.25, 0.3) is 0 Å². The molecule has 0 aliphatic carbocycles. The molecule has 5 heteroatoms. The molecule has 0 bridgehead atoms. The Morgan fingerprint density at radius 1 is 1.44 bits per heavy atom. The van der Waals surface area contributed by atoms with Crippen LogP contribution in [0.1, 0.15) is 32.5 Å². The van der Waals surface area contributed by atoms with Crippen molar-refractivity contribution in [3.05, 3.63) is 11.9 Å². The molecule has 18 heavy (non-hydrogen) atoms. The average Bonchev–Trinajstić information content (AvgIpc) is 2.38. The molecule has 1 aliphatic heterocycles. The predicted molar refractivity (Wildman–Crippen MR) is 74.6 cm³/mol. The van der Waals surface area contributed by atoms with E-state index in [4.69, 9.17) is 5.73 Å². The van der Waals surface area contributed by atoms with Gasteiger partial charge in [-0.2, -0.15) is 0 Å². The fourth-order valence-electron chi connectivity index (χ4n) is 2.42. The molecule has 1 unspecified atom stereocenters. The summed E-state index contributed by atoms with van der Waals surface area (Å²) in [4.78, 5) is 11.1. The van der Waals surface area contributed by atoms with Crippen LogP contribution in [0, 0.1) is 0 Å². The van der Waals surface area contributed by atoms with Crippen LogP contribution >= 0.6 is 0 Å². The molecule has 1 fully saturated rings. The van der Waals surface area contributed by atoms with Gasteiger partial charge in [0.1, 0.15) is 17.5 Å². The Morgan fingerprint density at radius 3 is 3.00 bits per heavy atom. The number of rotatable bonds is 4. The number of nitrogens with one attached hydrogen (secondary N) is 1. The number of aromatic nitrogens is 2. The van der Waals surface area contributed by atoms with Crippen molar-refractivity contribution in [3.8, 4) is 0 Å². The van der Waals surface area contributed by atoms with E-state index in [-0.39, 0.29) is 0 Å². The Balaban J connectivity index is 2.02. The second-order valence-electron chi connectivity index (χ2n) is 4.82. The molecule has 0 aromatic carbocycles. The van der Waals surface area contributed by atoms with Gasteiger partial charge in [-0.1, -0.05) is 13.8 Å². The predicted octanol–water partition coefficient (Wildman–Crippen LogP) is 1.52. The van der Waals surface area contributed by atoms with Gasteiger partial charge in [0.15, 0.2) is 0 Å². The normalized spacial score (nSPS) is 20.9. The molecule has 0 amide bonds. The van der Waals surface area contributed by atoms with Gasteiger partial charge >= 0.3 is 0 Å². The summed E-state index contributed by atoms with van der Waals surface area (Å²) in [6.45, 7) is 7.66. The fraction of sp³-hybridized carbons (Fsp3) is 0.692. The van der Waals surface area contributed by atoms with E-state index < -0.39 is 0 Å². The van der Waals surface area contributed by atoms with E-state index in [0.29, 0.717) is 11.9 Å². The number of hydrogen-bond acceptors (Lipinski definition) is 5. The minimum Gasteiger partial charge on any atom is -0.384 e. The SMILES string of the molecule is CCc1nc(N)cc(NC2CCCN(CC)C2)n1. The molecule has 0 radical (unpaired) electrons. The highest BCUT2D eigenvalue weighted by molar-refractivity contribution is 5.45. The van der Waals surface area contributed by atoms with Crippen LogP contribution in [0.5, 0.6) is 0 Å². The number of hydrogen-bond donors (Lipinski definition) is 2. The Kier molecular flexibility index (Phi) is 4.36. The maximum absolute atomic E-state index is 5.79. The van der Waals surface area contributed by atoms with Gasteiger partial charge in [0, 0.05) is 25.1 Å². The van der Waals surface area contributed by atoms with Gasteiger partial charge in [-0.25, -0.2) is 9.97 Å². The van der Waals surface area contributed by atoms with Crippen molar-refractivity contribution < 1.29 is 0 Å². The van der Waals surface area contributed by atoms with Crippen LogP contribution in [-0.2, 0) is 6.42 Å². The Hall–Kier alpha value is -1.36. The molecule has 1 aromatic heterocycles. The lowest BCUT2D eigenvalue weighted by Gasteiger charge is -2.32. The monoisotopic (exact) mass is 249 g/mol. The summed E-state index contributed by atoms with van der Waals surface area (Å²) in [6.07, 6.45) is 3.25. The zero-order chi connectivity index (χ0) is 13.0. The van der Waals surface area contributed by atoms with Crippen molar-refractivity contribution >= 4 is 11.6 Å². The summed E-state index contributed by atoms with van der Waals surface area (Å²) in [7, 11) is 0. The number of piperidine rings is 1. The summed E-state index contributed by atoms with van der Waals surface area (Å²) < 4.78 is 0. The average molecular weight is 249 g/mol. The van der Waals surface area contributed by atoms with Crippen LogP contribution < -0.4 is 11.1 Å². The van der Waals surface area contributed by atoms with E-state index in [1.165, 1.54) is 19.4 Å². The number of nitrogens with two attached hydrogens (primary N) is 1. The molecule has 100 valence electrons. The van der Waals surface area contributed by atoms with E-state index in [1.807, 2.05) is 13.0 Å². The summed E-state index contributed by atoms with van der Waals surface area (Å²) in [5.74, 6) is 2.22. The van der Waals surface area contributed by atoms with Crippen LogP contribution in [0.25, 0.3) is 0 Å². The first-order chi connectivity index (χ1) is 8.71. The largest absolute Gasteiger partial charge is 0.384 e. The third-order valence-corrected chi connectivity index (χ3v) is 3.41.